The summed E-state index contributed by atoms with van der Waals surface area (Å²) < 4.78 is 25.1. The number of halogens is 1. The predicted octanol–water partition coefficient (Wildman–Crippen LogP) is 2.20. The summed E-state index contributed by atoms with van der Waals surface area (Å²) >= 11 is 0. The molecule has 19 heavy (non-hydrogen) atoms. The lowest BCUT2D eigenvalue weighted by molar-refractivity contribution is -0.0655. The first kappa shape index (κ1) is 13.0. The second kappa shape index (κ2) is 5.57. The lowest BCUT2D eigenvalue weighted by Crippen LogP contribution is -2.41. The van der Waals surface area contributed by atoms with Gasteiger partial charge in [-0.15, -0.1) is 0 Å². The first-order valence-electron chi connectivity index (χ1n) is 6.91. The topological polar surface area (TPSA) is 21.7 Å². The van der Waals surface area contributed by atoms with Crippen molar-refractivity contribution in [3.63, 3.8) is 0 Å². The number of hydrogen-bond acceptors (Lipinski definition) is 3. The van der Waals surface area contributed by atoms with Crippen molar-refractivity contribution in [2.24, 2.45) is 0 Å². The van der Waals surface area contributed by atoms with Crippen molar-refractivity contribution in [3.8, 4) is 0 Å². The predicted molar refractivity (Wildman–Crippen MR) is 70.4 cm³/mol. The third-order valence-corrected chi connectivity index (χ3v) is 4.22. The van der Waals surface area contributed by atoms with Crippen LogP contribution >= 0.6 is 0 Å². The SMILES string of the molecule is CO[C@@H]1CN(Cc2ccccc2F)[C@H]2CCCO[C@@H]12. The standard InChI is InChI=1S/C15H20FNO2/c1-18-14-10-17(13-7-4-8-19-15(13)14)9-11-5-2-3-6-12(11)16/h2-3,5-6,13-15H,4,7-10H2,1H3/t13-,14+,15+/m0/s1. The molecule has 1 aromatic rings. The van der Waals surface area contributed by atoms with Gasteiger partial charge in [0.25, 0.3) is 0 Å². The van der Waals surface area contributed by atoms with Gasteiger partial charge in [0.15, 0.2) is 0 Å². The van der Waals surface area contributed by atoms with Crippen LogP contribution in [0.25, 0.3) is 0 Å². The van der Waals surface area contributed by atoms with E-state index in [4.69, 9.17) is 9.47 Å². The Labute approximate surface area is 113 Å². The highest BCUT2D eigenvalue weighted by atomic mass is 19.1. The van der Waals surface area contributed by atoms with E-state index in [-0.39, 0.29) is 18.0 Å². The summed E-state index contributed by atoms with van der Waals surface area (Å²) in [4.78, 5) is 2.30. The van der Waals surface area contributed by atoms with Crippen molar-refractivity contribution in [2.75, 3.05) is 20.3 Å². The Balaban J connectivity index is 1.76. The molecule has 0 N–H and O–H groups in total. The van der Waals surface area contributed by atoms with Crippen molar-refractivity contribution in [1.82, 2.24) is 4.90 Å². The minimum atomic E-state index is -0.128. The van der Waals surface area contributed by atoms with Gasteiger partial charge >= 0.3 is 0 Å². The van der Waals surface area contributed by atoms with Gasteiger partial charge in [0.1, 0.15) is 11.9 Å². The van der Waals surface area contributed by atoms with Crippen LogP contribution < -0.4 is 0 Å². The summed E-state index contributed by atoms with van der Waals surface area (Å²) in [6, 6.07) is 7.35. The first-order valence-corrected chi connectivity index (χ1v) is 6.91. The minimum Gasteiger partial charge on any atom is -0.377 e. The van der Waals surface area contributed by atoms with Crippen molar-refractivity contribution >= 4 is 0 Å². The second-order valence-electron chi connectivity index (χ2n) is 5.34. The first-order chi connectivity index (χ1) is 9.29. The monoisotopic (exact) mass is 265 g/mol. The van der Waals surface area contributed by atoms with E-state index in [1.54, 1.807) is 13.2 Å². The van der Waals surface area contributed by atoms with Gasteiger partial charge in [-0.2, -0.15) is 0 Å². The molecular weight excluding hydrogens is 245 g/mol. The zero-order valence-corrected chi connectivity index (χ0v) is 11.2. The van der Waals surface area contributed by atoms with Gasteiger partial charge in [0.05, 0.1) is 6.10 Å². The number of fused-ring (bicyclic) bond motifs is 1. The van der Waals surface area contributed by atoms with Gasteiger partial charge in [-0.1, -0.05) is 18.2 Å². The molecule has 0 aliphatic carbocycles. The van der Waals surface area contributed by atoms with E-state index in [0.717, 1.165) is 31.6 Å². The maximum Gasteiger partial charge on any atom is 0.127 e. The Kier molecular flexibility index (Phi) is 3.82. The van der Waals surface area contributed by atoms with Crippen molar-refractivity contribution in [2.45, 2.75) is 37.6 Å². The smallest absolute Gasteiger partial charge is 0.127 e. The Morgan fingerprint density at radius 2 is 2.26 bits per heavy atom. The van der Waals surface area contributed by atoms with Crippen molar-refractivity contribution in [1.29, 1.82) is 0 Å². The van der Waals surface area contributed by atoms with E-state index in [1.165, 1.54) is 6.07 Å². The molecule has 2 aliphatic heterocycles. The zero-order chi connectivity index (χ0) is 13.2. The number of benzene rings is 1. The number of hydrogen-bond donors (Lipinski definition) is 0. The fraction of sp³-hybridized carbons (Fsp3) is 0.600. The van der Waals surface area contributed by atoms with Gasteiger partial charge in [-0.3, -0.25) is 4.90 Å². The van der Waals surface area contributed by atoms with Crippen molar-refractivity contribution in [3.05, 3.63) is 35.6 Å². The quantitative estimate of drug-likeness (QED) is 0.836. The molecule has 0 aromatic heterocycles. The maximum atomic E-state index is 13.8. The lowest BCUT2D eigenvalue weighted by Gasteiger charge is -2.32. The number of rotatable bonds is 3. The molecule has 2 saturated heterocycles. The Bertz CT molecular complexity index is 440. The number of methoxy groups -OCH3 is 1. The Morgan fingerprint density at radius 3 is 3.05 bits per heavy atom. The average molecular weight is 265 g/mol. The third kappa shape index (κ3) is 2.53. The lowest BCUT2D eigenvalue weighted by atomic mass is 10.0. The van der Waals surface area contributed by atoms with E-state index < -0.39 is 0 Å². The summed E-state index contributed by atoms with van der Waals surface area (Å²) in [5, 5.41) is 0. The largest absolute Gasteiger partial charge is 0.377 e. The van der Waals surface area contributed by atoms with Crippen LogP contribution in [0.3, 0.4) is 0 Å². The highest BCUT2D eigenvalue weighted by Gasteiger charge is 2.44. The molecule has 3 atom stereocenters. The molecule has 2 heterocycles. The van der Waals surface area contributed by atoms with Crippen LogP contribution in [-0.2, 0) is 16.0 Å². The summed E-state index contributed by atoms with van der Waals surface area (Å²) in [6.07, 6.45) is 2.44. The zero-order valence-electron chi connectivity index (χ0n) is 11.2. The fourth-order valence-corrected chi connectivity index (χ4v) is 3.24. The molecular formula is C15H20FNO2. The van der Waals surface area contributed by atoms with Crippen LogP contribution in [0.2, 0.25) is 0 Å². The highest BCUT2D eigenvalue weighted by molar-refractivity contribution is 5.18. The molecule has 3 rings (SSSR count). The molecule has 2 fully saturated rings. The van der Waals surface area contributed by atoms with Gasteiger partial charge < -0.3 is 9.47 Å². The summed E-state index contributed by atoms with van der Waals surface area (Å²) in [6.45, 7) is 2.27. The average Bonchev–Trinajstić information content (AvgIpc) is 2.80. The van der Waals surface area contributed by atoms with Crippen LogP contribution in [0, 0.1) is 5.82 Å². The third-order valence-electron chi connectivity index (χ3n) is 4.22. The summed E-state index contributed by atoms with van der Waals surface area (Å²) in [5.74, 6) is -0.128. The van der Waals surface area contributed by atoms with Gasteiger partial charge in [0.2, 0.25) is 0 Å². The van der Waals surface area contributed by atoms with Crippen LogP contribution in [0.4, 0.5) is 4.39 Å². The summed E-state index contributed by atoms with van der Waals surface area (Å²) in [7, 11) is 1.73. The molecule has 0 bridgehead atoms. The molecule has 0 saturated carbocycles. The molecule has 0 amide bonds. The van der Waals surface area contributed by atoms with Crippen LogP contribution in [0.1, 0.15) is 18.4 Å². The van der Waals surface area contributed by atoms with Crippen LogP contribution in [-0.4, -0.2) is 43.4 Å². The molecule has 0 spiro atoms. The number of likely N-dealkylation sites (tertiary alicyclic amines) is 1. The number of ether oxygens (including phenoxy) is 2. The minimum absolute atomic E-state index is 0.108. The second-order valence-corrected chi connectivity index (χ2v) is 5.34. The normalized spacial score (nSPS) is 31.4. The summed E-state index contributed by atoms with van der Waals surface area (Å²) in [5.41, 5.74) is 0.753. The molecule has 104 valence electrons. The molecule has 0 unspecified atom stereocenters. The Hall–Kier alpha value is -0.970. The van der Waals surface area contributed by atoms with Gasteiger partial charge in [-0.05, 0) is 18.9 Å². The van der Waals surface area contributed by atoms with E-state index >= 15 is 0 Å². The molecule has 2 aliphatic rings. The van der Waals surface area contributed by atoms with Crippen molar-refractivity contribution < 1.29 is 13.9 Å². The fourth-order valence-electron chi connectivity index (χ4n) is 3.24. The molecule has 4 heteroatoms. The van der Waals surface area contributed by atoms with Crippen LogP contribution in [0.5, 0.6) is 0 Å². The molecule has 3 nitrogen and oxygen atoms in total. The molecule has 1 aromatic carbocycles. The number of nitrogens with zero attached hydrogens (tertiary/aromatic N) is 1. The van der Waals surface area contributed by atoms with Crippen LogP contribution in [0.15, 0.2) is 24.3 Å². The van der Waals surface area contributed by atoms with E-state index in [0.29, 0.717) is 12.6 Å². The Morgan fingerprint density at radius 1 is 1.42 bits per heavy atom. The van der Waals surface area contributed by atoms with E-state index in [1.807, 2.05) is 12.1 Å². The maximum absolute atomic E-state index is 13.8. The van der Waals surface area contributed by atoms with Gasteiger partial charge in [-0.25, -0.2) is 4.39 Å². The highest BCUT2D eigenvalue weighted by Crippen LogP contribution is 2.31. The molecule has 0 radical (unpaired) electrons. The van der Waals surface area contributed by atoms with Gasteiger partial charge in [0, 0.05) is 38.4 Å². The van der Waals surface area contributed by atoms with E-state index in [2.05, 4.69) is 4.90 Å². The van der Waals surface area contributed by atoms with E-state index in [9.17, 15) is 4.39 Å².